The summed E-state index contributed by atoms with van der Waals surface area (Å²) in [6.45, 7) is 3.68. The van der Waals surface area contributed by atoms with Crippen LogP contribution in [-0.2, 0) is 11.2 Å². The van der Waals surface area contributed by atoms with Crippen molar-refractivity contribution < 1.29 is 14.3 Å². The van der Waals surface area contributed by atoms with Gasteiger partial charge in [-0.25, -0.2) is 4.79 Å². The molecular formula is C19H26N2O3. The molecule has 3 rings (SSSR count). The summed E-state index contributed by atoms with van der Waals surface area (Å²) >= 11 is 0. The fourth-order valence-corrected chi connectivity index (χ4v) is 3.39. The van der Waals surface area contributed by atoms with Gasteiger partial charge in [-0.05, 0) is 49.8 Å². The predicted molar refractivity (Wildman–Crippen MR) is 92.1 cm³/mol. The van der Waals surface area contributed by atoms with Crippen LogP contribution in [0.25, 0.3) is 0 Å². The Morgan fingerprint density at radius 1 is 0.917 bits per heavy atom. The van der Waals surface area contributed by atoms with Gasteiger partial charge in [0.25, 0.3) is 5.91 Å². The van der Waals surface area contributed by atoms with Crippen LogP contribution in [0.4, 0.5) is 4.79 Å². The van der Waals surface area contributed by atoms with Crippen LogP contribution in [0.3, 0.4) is 0 Å². The summed E-state index contributed by atoms with van der Waals surface area (Å²) in [5.41, 5.74) is 1.77. The van der Waals surface area contributed by atoms with Gasteiger partial charge in [0.2, 0.25) is 0 Å². The molecule has 1 aromatic carbocycles. The van der Waals surface area contributed by atoms with E-state index < -0.39 is 0 Å². The van der Waals surface area contributed by atoms with Gasteiger partial charge in [0.15, 0.2) is 0 Å². The zero-order valence-electron chi connectivity index (χ0n) is 14.2. The number of nitrogens with zero attached hydrogens (tertiary/aromatic N) is 2. The van der Waals surface area contributed by atoms with E-state index in [0.717, 1.165) is 63.0 Å². The molecular weight excluding hydrogens is 304 g/mol. The lowest BCUT2D eigenvalue weighted by atomic mass is 10.1. The van der Waals surface area contributed by atoms with Crippen molar-refractivity contribution in [2.24, 2.45) is 0 Å². The molecule has 0 radical (unpaired) electrons. The summed E-state index contributed by atoms with van der Waals surface area (Å²) < 4.78 is 5.38. The summed E-state index contributed by atoms with van der Waals surface area (Å²) in [5, 5.41) is 0. The van der Waals surface area contributed by atoms with Crippen LogP contribution in [0.15, 0.2) is 24.3 Å². The minimum Gasteiger partial charge on any atom is -0.449 e. The smallest absolute Gasteiger partial charge is 0.409 e. The first kappa shape index (κ1) is 16.8. The molecule has 0 aromatic heterocycles. The number of piperidine rings is 1. The largest absolute Gasteiger partial charge is 0.449 e. The Kier molecular flexibility index (Phi) is 5.72. The highest BCUT2D eigenvalue weighted by Gasteiger charge is 2.20. The van der Waals surface area contributed by atoms with Gasteiger partial charge in [-0.3, -0.25) is 4.79 Å². The van der Waals surface area contributed by atoms with Gasteiger partial charge >= 0.3 is 6.09 Å². The molecule has 0 N–H and O–H groups in total. The van der Waals surface area contributed by atoms with Crippen LogP contribution in [-0.4, -0.2) is 54.6 Å². The van der Waals surface area contributed by atoms with E-state index in [1.165, 1.54) is 6.42 Å². The van der Waals surface area contributed by atoms with E-state index >= 15 is 0 Å². The summed E-state index contributed by atoms with van der Waals surface area (Å²) in [6, 6.07) is 7.68. The Balaban J connectivity index is 1.49. The van der Waals surface area contributed by atoms with Crippen molar-refractivity contribution in [2.45, 2.75) is 38.5 Å². The second kappa shape index (κ2) is 8.18. The number of benzene rings is 1. The van der Waals surface area contributed by atoms with E-state index in [1.807, 2.05) is 29.2 Å². The summed E-state index contributed by atoms with van der Waals surface area (Å²) in [6.07, 6.45) is 5.95. The number of amides is 2. The molecule has 0 bridgehead atoms. The molecule has 2 amide bonds. The van der Waals surface area contributed by atoms with Crippen LogP contribution in [0, 0.1) is 0 Å². The van der Waals surface area contributed by atoms with E-state index in [1.54, 1.807) is 4.90 Å². The Morgan fingerprint density at radius 3 is 2.33 bits per heavy atom. The van der Waals surface area contributed by atoms with E-state index in [4.69, 9.17) is 4.74 Å². The first-order valence-electron chi connectivity index (χ1n) is 9.04. The maximum atomic E-state index is 12.4. The average Bonchev–Trinajstić information content (AvgIpc) is 3.16. The first-order valence-corrected chi connectivity index (χ1v) is 9.04. The minimum atomic E-state index is -0.209. The minimum absolute atomic E-state index is 0.111. The highest BCUT2D eigenvalue weighted by Crippen LogP contribution is 2.15. The van der Waals surface area contributed by atoms with Gasteiger partial charge in [0.1, 0.15) is 0 Å². The molecule has 2 aliphatic heterocycles. The lowest BCUT2D eigenvalue weighted by Gasteiger charge is -2.25. The Labute approximate surface area is 143 Å². The molecule has 0 atom stereocenters. The monoisotopic (exact) mass is 330 g/mol. The van der Waals surface area contributed by atoms with Crippen molar-refractivity contribution in [1.29, 1.82) is 0 Å². The molecule has 2 saturated heterocycles. The summed E-state index contributed by atoms with van der Waals surface area (Å²) in [7, 11) is 0. The number of likely N-dealkylation sites (tertiary alicyclic amines) is 2. The van der Waals surface area contributed by atoms with Crippen molar-refractivity contribution >= 4 is 12.0 Å². The normalized spacial score (nSPS) is 17.8. The Morgan fingerprint density at radius 2 is 1.58 bits per heavy atom. The predicted octanol–water partition coefficient (Wildman–Crippen LogP) is 3.09. The van der Waals surface area contributed by atoms with Gasteiger partial charge in [0, 0.05) is 38.2 Å². The van der Waals surface area contributed by atoms with Crippen molar-refractivity contribution in [3.05, 3.63) is 35.4 Å². The van der Waals surface area contributed by atoms with Gasteiger partial charge in [-0.2, -0.15) is 0 Å². The topological polar surface area (TPSA) is 49.9 Å². The van der Waals surface area contributed by atoms with Crippen molar-refractivity contribution in [3.63, 3.8) is 0 Å². The third kappa shape index (κ3) is 4.28. The van der Waals surface area contributed by atoms with Crippen LogP contribution in [0.5, 0.6) is 0 Å². The molecule has 0 aliphatic carbocycles. The van der Waals surface area contributed by atoms with Crippen molar-refractivity contribution in [2.75, 3.05) is 32.8 Å². The van der Waals surface area contributed by atoms with Crippen molar-refractivity contribution in [1.82, 2.24) is 9.80 Å². The zero-order valence-corrected chi connectivity index (χ0v) is 14.2. The van der Waals surface area contributed by atoms with Gasteiger partial charge in [-0.1, -0.05) is 12.1 Å². The number of carbonyl (C=O) groups is 2. The fraction of sp³-hybridized carbons (Fsp3) is 0.579. The number of carbonyl (C=O) groups excluding carboxylic acids is 2. The van der Waals surface area contributed by atoms with Gasteiger partial charge in [-0.15, -0.1) is 0 Å². The third-order valence-corrected chi connectivity index (χ3v) is 4.80. The molecule has 2 fully saturated rings. The molecule has 0 unspecified atom stereocenters. The molecule has 5 heteroatoms. The first-order chi connectivity index (χ1) is 11.7. The van der Waals surface area contributed by atoms with Gasteiger partial charge in [0.05, 0.1) is 6.61 Å². The van der Waals surface area contributed by atoms with E-state index in [-0.39, 0.29) is 12.0 Å². The highest BCUT2D eigenvalue weighted by molar-refractivity contribution is 5.94. The Bertz CT molecular complexity index is 576. The zero-order chi connectivity index (χ0) is 16.8. The number of hydrogen-bond acceptors (Lipinski definition) is 3. The molecule has 1 aromatic rings. The lowest BCUT2D eigenvalue weighted by Crippen LogP contribution is -2.36. The quantitative estimate of drug-likeness (QED) is 0.852. The van der Waals surface area contributed by atoms with Gasteiger partial charge < -0.3 is 14.5 Å². The molecule has 0 saturated carbocycles. The maximum Gasteiger partial charge on any atom is 0.409 e. The molecule has 5 nitrogen and oxygen atoms in total. The fourth-order valence-electron chi connectivity index (χ4n) is 3.39. The highest BCUT2D eigenvalue weighted by atomic mass is 16.6. The van der Waals surface area contributed by atoms with E-state index in [2.05, 4.69) is 0 Å². The van der Waals surface area contributed by atoms with Crippen LogP contribution >= 0.6 is 0 Å². The van der Waals surface area contributed by atoms with Crippen molar-refractivity contribution in [3.8, 4) is 0 Å². The number of hydrogen-bond donors (Lipinski definition) is 0. The summed E-state index contributed by atoms with van der Waals surface area (Å²) in [5.74, 6) is 0.111. The third-order valence-electron chi connectivity index (χ3n) is 4.80. The molecule has 24 heavy (non-hydrogen) atoms. The molecule has 2 heterocycles. The molecule has 0 spiro atoms. The maximum absolute atomic E-state index is 12.4. The van der Waals surface area contributed by atoms with E-state index in [0.29, 0.717) is 13.0 Å². The molecule has 2 aliphatic rings. The standard InChI is InChI=1S/C19H26N2O3/c22-18(20-10-4-5-11-20)17-8-6-7-16(15-17)9-14-24-19(23)21-12-2-1-3-13-21/h6-8,15H,1-5,9-14H2. The van der Waals surface area contributed by atoms with E-state index in [9.17, 15) is 9.59 Å². The average molecular weight is 330 g/mol. The second-order valence-corrected chi connectivity index (χ2v) is 6.61. The van der Waals surface area contributed by atoms with Crippen LogP contribution in [0.1, 0.15) is 48.0 Å². The number of ether oxygens (including phenoxy) is 1. The number of rotatable bonds is 4. The second-order valence-electron chi connectivity index (χ2n) is 6.61. The summed E-state index contributed by atoms with van der Waals surface area (Å²) in [4.78, 5) is 28.1. The molecule has 130 valence electrons. The SMILES string of the molecule is O=C(OCCc1cccc(C(=O)N2CCCC2)c1)N1CCCCC1. The van der Waals surface area contributed by atoms with Crippen LogP contribution in [0.2, 0.25) is 0 Å². The van der Waals surface area contributed by atoms with Crippen LogP contribution < -0.4 is 0 Å². The lowest BCUT2D eigenvalue weighted by molar-refractivity contribution is 0.0792. The Hall–Kier alpha value is -2.04.